The fraction of sp³-hybridized carbons (Fsp3) is 0.375. The van der Waals surface area contributed by atoms with Gasteiger partial charge in [-0.3, -0.25) is 9.48 Å². The predicted molar refractivity (Wildman–Crippen MR) is 86.2 cm³/mol. The first kappa shape index (κ1) is 16.1. The summed E-state index contributed by atoms with van der Waals surface area (Å²) in [5.74, 6) is 0.191. The zero-order chi connectivity index (χ0) is 15.6. The third kappa shape index (κ3) is 3.86. The van der Waals surface area contributed by atoms with Gasteiger partial charge in [0.15, 0.2) is 0 Å². The van der Waals surface area contributed by atoms with Gasteiger partial charge in [0.25, 0.3) is 0 Å². The Morgan fingerprint density at radius 2 is 1.95 bits per heavy atom. The third-order valence-electron chi connectivity index (χ3n) is 3.70. The molecule has 2 aromatic rings. The Bertz CT molecular complexity index is 677. The molecule has 0 spiro atoms. The number of aryl methyl sites for hydroxylation is 2. The lowest BCUT2D eigenvalue weighted by Gasteiger charge is -2.04. The highest BCUT2D eigenvalue weighted by Gasteiger charge is 2.12. The van der Waals surface area contributed by atoms with Crippen molar-refractivity contribution in [1.29, 1.82) is 0 Å². The minimum absolute atomic E-state index is 0.191. The van der Waals surface area contributed by atoms with E-state index in [-0.39, 0.29) is 5.78 Å². The lowest BCUT2D eigenvalue weighted by atomic mass is 10.0. The maximum absolute atomic E-state index is 12.1. The molecule has 21 heavy (non-hydrogen) atoms. The second-order valence-electron chi connectivity index (χ2n) is 5.24. The van der Waals surface area contributed by atoms with Crippen LogP contribution in [-0.2, 0) is 24.7 Å². The molecule has 1 heterocycles. The van der Waals surface area contributed by atoms with Gasteiger partial charge in [0.1, 0.15) is 5.78 Å². The Hall–Kier alpha value is -1.32. The molecule has 0 saturated heterocycles. The predicted octanol–water partition coefficient (Wildman–Crippen LogP) is 4.09. The van der Waals surface area contributed by atoms with Gasteiger partial charge in [-0.1, -0.05) is 29.3 Å². The summed E-state index contributed by atoms with van der Waals surface area (Å²) in [6, 6.07) is 5.32. The van der Waals surface area contributed by atoms with Crippen LogP contribution in [0.2, 0.25) is 10.0 Å². The number of halogens is 2. The van der Waals surface area contributed by atoms with Crippen molar-refractivity contribution in [2.24, 2.45) is 7.05 Å². The zero-order valence-corrected chi connectivity index (χ0v) is 13.9. The summed E-state index contributed by atoms with van der Waals surface area (Å²) in [7, 11) is 1.92. The smallest absolute Gasteiger partial charge is 0.137 e. The van der Waals surface area contributed by atoms with E-state index < -0.39 is 0 Å². The first-order valence-electron chi connectivity index (χ1n) is 6.83. The number of rotatable bonds is 5. The van der Waals surface area contributed by atoms with Crippen LogP contribution in [0.5, 0.6) is 0 Å². The molecule has 0 amide bonds. The SMILES string of the molecule is Cc1nn(C)c(C)c1CCC(=O)Cc1ccc(Cl)c(Cl)c1. The molecule has 112 valence electrons. The largest absolute Gasteiger partial charge is 0.299 e. The molecular formula is C16H18Cl2N2O. The van der Waals surface area contributed by atoms with Gasteiger partial charge >= 0.3 is 0 Å². The number of carbonyl (C=O) groups excluding carboxylic acids is 1. The van der Waals surface area contributed by atoms with Gasteiger partial charge in [-0.25, -0.2) is 0 Å². The molecule has 0 bridgehead atoms. The van der Waals surface area contributed by atoms with Crippen LogP contribution >= 0.6 is 23.2 Å². The van der Waals surface area contributed by atoms with Gasteiger partial charge in [-0.05, 0) is 43.5 Å². The van der Waals surface area contributed by atoms with Gasteiger partial charge in [-0.2, -0.15) is 5.10 Å². The van der Waals surface area contributed by atoms with Gasteiger partial charge in [0.05, 0.1) is 15.7 Å². The number of hydrogen-bond acceptors (Lipinski definition) is 2. The maximum Gasteiger partial charge on any atom is 0.137 e. The quantitative estimate of drug-likeness (QED) is 0.830. The standard InChI is InChI=1S/C16H18Cl2N2O/c1-10-14(11(2)20(3)19-10)6-5-13(21)8-12-4-7-15(17)16(18)9-12/h4,7,9H,5-6,8H2,1-3H3. The second kappa shape index (κ2) is 6.63. The van der Waals surface area contributed by atoms with Crippen LogP contribution in [0.25, 0.3) is 0 Å². The van der Waals surface area contributed by atoms with Crippen LogP contribution in [0.4, 0.5) is 0 Å². The molecule has 0 aliphatic heterocycles. The minimum Gasteiger partial charge on any atom is -0.299 e. The summed E-state index contributed by atoms with van der Waals surface area (Å²) in [5, 5.41) is 5.36. The van der Waals surface area contributed by atoms with Crippen molar-refractivity contribution in [2.45, 2.75) is 33.1 Å². The molecule has 0 fully saturated rings. The molecule has 0 N–H and O–H groups in total. The number of Topliss-reactive ketones (excluding diaryl/α,β-unsaturated/α-hetero) is 1. The van der Waals surface area contributed by atoms with Crippen molar-refractivity contribution in [3.05, 3.63) is 50.8 Å². The Kier molecular flexibility index (Phi) is 5.07. The van der Waals surface area contributed by atoms with E-state index in [1.165, 1.54) is 5.56 Å². The average molecular weight is 325 g/mol. The summed E-state index contributed by atoms with van der Waals surface area (Å²) < 4.78 is 1.86. The van der Waals surface area contributed by atoms with Crippen molar-refractivity contribution in [1.82, 2.24) is 9.78 Å². The summed E-state index contributed by atoms with van der Waals surface area (Å²) >= 11 is 11.8. The first-order chi connectivity index (χ1) is 9.88. The molecule has 0 aliphatic rings. The summed E-state index contributed by atoms with van der Waals surface area (Å²) in [6.07, 6.45) is 1.62. The number of ketones is 1. The van der Waals surface area contributed by atoms with E-state index in [9.17, 15) is 4.79 Å². The van der Waals surface area contributed by atoms with E-state index in [2.05, 4.69) is 5.10 Å². The Balaban J connectivity index is 1.97. The average Bonchev–Trinajstić information content (AvgIpc) is 2.66. The molecule has 0 unspecified atom stereocenters. The molecule has 5 heteroatoms. The molecule has 0 saturated carbocycles. The highest BCUT2D eigenvalue weighted by molar-refractivity contribution is 6.42. The lowest BCUT2D eigenvalue weighted by molar-refractivity contribution is -0.118. The fourth-order valence-electron chi connectivity index (χ4n) is 2.41. The number of aromatic nitrogens is 2. The van der Waals surface area contributed by atoms with E-state index in [4.69, 9.17) is 23.2 Å². The Morgan fingerprint density at radius 3 is 2.52 bits per heavy atom. The number of carbonyl (C=O) groups is 1. The van der Waals surface area contributed by atoms with Crippen LogP contribution in [0.3, 0.4) is 0 Å². The van der Waals surface area contributed by atoms with E-state index in [0.29, 0.717) is 22.9 Å². The van der Waals surface area contributed by atoms with Crippen LogP contribution in [0.15, 0.2) is 18.2 Å². The minimum atomic E-state index is 0.191. The highest BCUT2D eigenvalue weighted by Crippen LogP contribution is 2.23. The first-order valence-corrected chi connectivity index (χ1v) is 7.58. The van der Waals surface area contributed by atoms with Crippen molar-refractivity contribution in [2.75, 3.05) is 0 Å². The monoisotopic (exact) mass is 324 g/mol. The summed E-state index contributed by atoms with van der Waals surface area (Å²) in [5.41, 5.74) is 4.18. The van der Waals surface area contributed by atoms with Crippen LogP contribution in [-0.4, -0.2) is 15.6 Å². The van der Waals surface area contributed by atoms with Gasteiger partial charge in [0, 0.05) is 25.6 Å². The molecule has 1 aromatic heterocycles. The van der Waals surface area contributed by atoms with E-state index >= 15 is 0 Å². The van der Waals surface area contributed by atoms with Gasteiger partial charge in [-0.15, -0.1) is 0 Å². The molecule has 2 rings (SSSR count). The molecular weight excluding hydrogens is 307 g/mol. The summed E-state index contributed by atoms with van der Waals surface area (Å²) in [4.78, 5) is 12.1. The third-order valence-corrected chi connectivity index (χ3v) is 4.44. The van der Waals surface area contributed by atoms with Crippen LogP contribution in [0, 0.1) is 13.8 Å². The zero-order valence-electron chi connectivity index (χ0n) is 12.4. The topological polar surface area (TPSA) is 34.9 Å². The van der Waals surface area contributed by atoms with Crippen molar-refractivity contribution in [3.63, 3.8) is 0 Å². The normalized spacial score (nSPS) is 10.9. The van der Waals surface area contributed by atoms with E-state index in [0.717, 1.165) is 23.4 Å². The lowest BCUT2D eigenvalue weighted by Crippen LogP contribution is -2.05. The van der Waals surface area contributed by atoms with Crippen molar-refractivity contribution in [3.8, 4) is 0 Å². The van der Waals surface area contributed by atoms with Crippen LogP contribution < -0.4 is 0 Å². The maximum atomic E-state index is 12.1. The second-order valence-corrected chi connectivity index (χ2v) is 6.05. The number of nitrogens with zero attached hydrogens (tertiary/aromatic N) is 2. The molecule has 0 aliphatic carbocycles. The fourth-order valence-corrected chi connectivity index (χ4v) is 2.73. The number of hydrogen-bond donors (Lipinski definition) is 0. The summed E-state index contributed by atoms with van der Waals surface area (Å²) in [6.45, 7) is 4.00. The molecule has 0 radical (unpaired) electrons. The molecule has 1 aromatic carbocycles. The number of benzene rings is 1. The van der Waals surface area contributed by atoms with Crippen molar-refractivity contribution < 1.29 is 4.79 Å². The Morgan fingerprint density at radius 1 is 1.24 bits per heavy atom. The highest BCUT2D eigenvalue weighted by atomic mass is 35.5. The van der Waals surface area contributed by atoms with Gasteiger partial charge < -0.3 is 0 Å². The van der Waals surface area contributed by atoms with E-state index in [1.54, 1.807) is 12.1 Å². The van der Waals surface area contributed by atoms with Crippen LogP contribution in [0.1, 0.15) is 28.9 Å². The van der Waals surface area contributed by atoms with Gasteiger partial charge in [0.2, 0.25) is 0 Å². The van der Waals surface area contributed by atoms with Crippen molar-refractivity contribution >= 4 is 29.0 Å². The molecule has 0 atom stereocenters. The Labute approximate surface area is 134 Å². The van der Waals surface area contributed by atoms with E-state index in [1.807, 2.05) is 31.6 Å². The molecule has 3 nitrogen and oxygen atoms in total.